The number of benzene rings is 2. The molecular weight excluding hydrogens is 498 g/mol. The third-order valence-electron chi connectivity index (χ3n) is 5.47. The van der Waals surface area contributed by atoms with Crippen LogP contribution < -0.4 is 14.8 Å². The molecule has 0 spiro atoms. The number of nitrogens with zero attached hydrogens (tertiary/aromatic N) is 1. The van der Waals surface area contributed by atoms with Gasteiger partial charge in [-0.25, -0.2) is 4.39 Å². The van der Waals surface area contributed by atoms with E-state index in [0.29, 0.717) is 22.1 Å². The van der Waals surface area contributed by atoms with Crippen LogP contribution in [0.15, 0.2) is 36.4 Å². The third-order valence-corrected chi connectivity index (χ3v) is 5.83. The van der Waals surface area contributed by atoms with E-state index in [1.807, 2.05) is 18.2 Å². The zero-order chi connectivity index (χ0) is 23.2. The molecule has 0 amide bonds. The number of nitrogens with one attached hydrogen (secondary N) is 1. The van der Waals surface area contributed by atoms with Crippen molar-refractivity contribution >= 4 is 36.4 Å². The number of halogens is 4. The highest BCUT2D eigenvalue weighted by Gasteiger charge is 2.11. The third kappa shape index (κ3) is 11.5. The molecule has 2 aromatic rings. The number of methoxy groups -OCH3 is 1. The summed E-state index contributed by atoms with van der Waals surface area (Å²) in [6, 6.07) is 10.4. The standard InChI is InChI=1S/C26H38ClFN2O2.2ClH/c1-4-6-15-30(16-7-5-2)17-9-14-29-19-21-12-13-25(26(18-21)31-3)32-20-22-23(27)10-8-11-24(22)28;;/h8,10-13,18,29H,4-7,9,14-17,19-20H2,1-3H3;2*1H. The van der Waals surface area contributed by atoms with E-state index in [-0.39, 0.29) is 37.2 Å². The van der Waals surface area contributed by atoms with Gasteiger partial charge in [-0.05, 0) is 75.3 Å². The van der Waals surface area contributed by atoms with Crippen molar-refractivity contribution in [2.24, 2.45) is 0 Å². The summed E-state index contributed by atoms with van der Waals surface area (Å²) in [6.07, 6.45) is 6.17. The Morgan fingerprint density at radius 3 is 2.24 bits per heavy atom. The molecule has 0 heterocycles. The molecule has 0 aliphatic heterocycles. The molecule has 0 aromatic heterocycles. The zero-order valence-electron chi connectivity index (χ0n) is 20.6. The molecule has 0 aliphatic carbocycles. The van der Waals surface area contributed by atoms with Gasteiger partial charge in [0, 0.05) is 12.1 Å². The van der Waals surface area contributed by atoms with E-state index in [2.05, 4.69) is 24.1 Å². The fraction of sp³-hybridized carbons (Fsp3) is 0.538. The average molecular weight is 538 g/mol. The number of hydrogen-bond donors (Lipinski definition) is 1. The summed E-state index contributed by atoms with van der Waals surface area (Å²) in [5.41, 5.74) is 1.46. The van der Waals surface area contributed by atoms with Crippen LogP contribution in [-0.2, 0) is 13.2 Å². The molecule has 1 N–H and O–H groups in total. The Kier molecular flexibility index (Phi) is 18.3. The Balaban J connectivity index is 0.00000544. The molecule has 0 atom stereocenters. The van der Waals surface area contributed by atoms with E-state index >= 15 is 0 Å². The predicted molar refractivity (Wildman–Crippen MR) is 146 cm³/mol. The quantitative estimate of drug-likeness (QED) is 0.228. The highest BCUT2D eigenvalue weighted by molar-refractivity contribution is 6.31. The Morgan fingerprint density at radius 1 is 0.941 bits per heavy atom. The Morgan fingerprint density at radius 2 is 1.62 bits per heavy atom. The minimum absolute atomic E-state index is 0. The lowest BCUT2D eigenvalue weighted by molar-refractivity contribution is 0.261. The smallest absolute Gasteiger partial charge is 0.161 e. The summed E-state index contributed by atoms with van der Waals surface area (Å²) in [5.74, 6) is 0.820. The Hall–Kier alpha value is -1.24. The monoisotopic (exact) mass is 536 g/mol. The van der Waals surface area contributed by atoms with Gasteiger partial charge in [-0.2, -0.15) is 0 Å². The van der Waals surface area contributed by atoms with E-state index in [1.54, 1.807) is 19.2 Å². The molecule has 0 unspecified atom stereocenters. The molecule has 2 rings (SSSR count). The van der Waals surface area contributed by atoms with Gasteiger partial charge in [-0.1, -0.05) is 50.4 Å². The molecule has 0 aliphatic rings. The summed E-state index contributed by atoms with van der Waals surface area (Å²) in [6.45, 7) is 9.83. The normalized spacial score (nSPS) is 10.5. The first-order chi connectivity index (χ1) is 15.6. The lowest BCUT2D eigenvalue weighted by Crippen LogP contribution is -2.29. The Labute approximate surface area is 222 Å². The molecule has 0 bridgehead atoms. The fourth-order valence-corrected chi connectivity index (χ4v) is 3.74. The fourth-order valence-electron chi connectivity index (χ4n) is 3.52. The van der Waals surface area contributed by atoms with Crippen LogP contribution in [0.1, 0.15) is 57.1 Å². The predicted octanol–water partition coefficient (Wildman–Crippen LogP) is 7.29. The van der Waals surface area contributed by atoms with Crippen molar-refractivity contribution in [2.75, 3.05) is 33.3 Å². The van der Waals surface area contributed by atoms with Crippen molar-refractivity contribution in [3.63, 3.8) is 0 Å². The van der Waals surface area contributed by atoms with Crippen molar-refractivity contribution in [1.82, 2.24) is 10.2 Å². The van der Waals surface area contributed by atoms with Gasteiger partial charge >= 0.3 is 0 Å². The summed E-state index contributed by atoms with van der Waals surface area (Å²) in [5, 5.41) is 3.88. The van der Waals surface area contributed by atoms with Crippen LogP contribution in [0, 0.1) is 5.82 Å². The summed E-state index contributed by atoms with van der Waals surface area (Å²) in [4.78, 5) is 2.59. The number of hydrogen-bond acceptors (Lipinski definition) is 4. The maximum Gasteiger partial charge on any atom is 0.161 e. The van der Waals surface area contributed by atoms with Crippen molar-refractivity contribution in [3.05, 3.63) is 58.4 Å². The molecule has 0 saturated carbocycles. The van der Waals surface area contributed by atoms with Crippen LogP contribution in [0.2, 0.25) is 5.02 Å². The largest absolute Gasteiger partial charge is 0.493 e. The molecule has 0 radical (unpaired) electrons. The summed E-state index contributed by atoms with van der Waals surface area (Å²) in [7, 11) is 1.61. The van der Waals surface area contributed by atoms with E-state index in [9.17, 15) is 4.39 Å². The minimum Gasteiger partial charge on any atom is -0.493 e. The first-order valence-corrected chi connectivity index (χ1v) is 12.1. The van der Waals surface area contributed by atoms with E-state index in [0.717, 1.165) is 31.6 Å². The first kappa shape index (κ1) is 32.8. The van der Waals surface area contributed by atoms with Crippen molar-refractivity contribution < 1.29 is 13.9 Å². The minimum atomic E-state index is -0.375. The van der Waals surface area contributed by atoms with Gasteiger partial charge in [0.25, 0.3) is 0 Å². The van der Waals surface area contributed by atoms with Gasteiger partial charge < -0.3 is 19.7 Å². The van der Waals surface area contributed by atoms with Crippen LogP contribution in [0.5, 0.6) is 11.5 Å². The second-order valence-electron chi connectivity index (χ2n) is 8.05. The molecule has 34 heavy (non-hydrogen) atoms. The second-order valence-corrected chi connectivity index (χ2v) is 8.46. The molecule has 2 aromatic carbocycles. The van der Waals surface area contributed by atoms with Gasteiger partial charge in [0.15, 0.2) is 11.5 Å². The topological polar surface area (TPSA) is 33.7 Å². The summed E-state index contributed by atoms with van der Waals surface area (Å²) >= 11 is 6.08. The van der Waals surface area contributed by atoms with Crippen molar-refractivity contribution in [2.45, 2.75) is 59.1 Å². The van der Waals surface area contributed by atoms with Gasteiger partial charge in [-0.3, -0.25) is 0 Å². The summed E-state index contributed by atoms with van der Waals surface area (Å²) < 4.78 is 25.2. The van der Waals surface area contributed by atoms with Gasteiger partial charge in [-0.15, -0.1) is 24.8 Å². The van der Waals surface area contributed by atoms with Gasteiger partial charge in [0.05, 0.1) is 12.1 Å². The van der Waals surface area contributed by atoms with Crippen molar-refractivity contribution in [3.8, 4) is 11.5 Å². The van der Waals surface area contributed by atoms with E-state index < -0.39 is 0 Å². The van der Waals surface area contributed by atoms with Crippen LogP contribution in [0.3, 0.4) is 0 Å². The highest BCUT2D eigenvalue weighted by Crippen LogP contribution is 2.30. The van der Waals surface area contributed by atoms with Crippen LogP contribution in [0.25, 0.3) is 0 Å². The number of unbranched alkanes of at least 4 members (excludes halogenated alkanes) is 2. The van der Waals surface area contributed by atoms with Crippen LogP contribution >= 0.6 is 36.4 Å². The lowest BCUT2D eigenvalue weighted by Gasteiger charge is -2.22. The second kappa shape index (κ2) is 19.0. The molecule has 0 fully saturated rings. The molecular formula is C26H40Cl3FN2O2. The Bertz CT molecular complexity index is 783. The first-order valence-electron chi connectivity index (χ1n) is 11.7. The average Bonchev–Trinajstić information content (AvgIpc) is 2.80. The zero-order valence-corrected chi connectivity index (χ0v) is 23.0. The van der Waals surface area contributed by atoms with Gasteiger partial charge in [0.2, 0.25) is 0 Å². The number of ether oxygens (including phenoxy) is 2. The molecule has 8 heteroatoms. The number of rotatable bonds is 16. The molecule has 0 saturated heterocycles. The van der Waals surface area contributed by atoms with E-state index in [1.165, 1.54) is 44.8 Å². The molecule has 4 nitrogen and oxygen atoms in total. The SMILES string of the molecule is CCCCN(CCCC)CCCNCc1ccc(OCc2c(F)cccc2Cl)c(OC)c1.Cl.Cl. The highest BCUT2D eigenvalue weighted by atomic mass is 35.5. The maximum absolute atomic E-state index is 14.0. The van der Waals surface area contributed by atoms with Gasteiger partial charge in [0.1, 0.15) is 12.4 Å². The lowest BCUT2D eigenvalue weighted by atomic mass is 10.2. The molecule has 194 valence electrons. The van der Waals surface area contributed by atoms with E-state index in [4.69, 9.17) is 21.1 Å². The van der Waals surface area contributed by atoms with Crippen molar-refractivity contribution in [1.29, 1.82) is 0 Å². The maximum atomic E-state index is 14.0. The van der Waals surface area contributed by atoms with Crippen LogP contribution in [0.4, 0.5) is 4.39 Å². The van der Waals surface area contributed by atoms with Crippen LogP contribution in [-0.4, -0.2) is 38.2 Å².